The molecule has 0 amide bonds. The van der Waals surface area contributed by atoms with Gasteiger partial charge in [0.2, 0.25) is 0 Å². The lowest BCUT2D eigenvalue weighted by atomic mass is 10.1. The summed E-state index contributed by atoms with van der Waals surface area (Å²) < 4.78 is 6.84. The van der Waals surface area contributed by atoms with Crippen LogP contribution in [-0.2, 0) is 4.74 Å². The molecule has 0 aliphatic carbocycles. The van der Waals surface area contributed by atoms with Crippen molar-refractivity contribution in [3.8, 4) is 11.3 Å². The maximum atomic E-state index is 11.8. The van der Waals surface area contributed by atoms with Gasteiger partial charge in [-0.15, -0.1) is 0 Å². The molecule has 3 aromatic rings. The van der Waals surface area contributed by atoms with E-state index < -0.39 is 0 Å². The molecule has 94 valence electrons. The summed E-state index contributed by atoms with van der Waals surface area (Å²) in [5.74, 6) is -0.314. The van der Waals surface area contributed by atoms with Crippen LogP contribution >= 0.6 is 0 Å². The van der Waals surface area contributed by atoms with Gasteiger partial charge in [0.1, 0.15) is 0 Å². The molecular formula is C16H13NO2. The average molecular weight is 251 g/mol. The molecule has 3 rings (SSSR count). The molecule has 0 fully saturated rings. The largest absolute Gasteiger partial charge is 0.465 e. The van der Waals surface area contributed by atoms with Crippen LogP contribution in [0.5, 0.6) is 0 Å². The molecule has 0 saturated heterocycles. The van der Waals surface area contributed by atoms with Gasteiger partial charge in [0.15, 0.2) is 0 Å². The lowest BCUT2D eigenvalue weighted by molar-refractivity contribution is 0.0603. The van der Waals surface area contributed by atoms with Crippen molar-refractivity contribution in [2.24, 2.45) is 0 Å². The van der Waals surface area contributed by atoms with Crippen molar-refractivity contribution in [2.45, 2.75) is 0 Å². The standard InChI is InChI=1S/C16H13NO2/c1-19-16(18)13-11-15(12-7-3-2-4-8-12)17-10-6-5-9-14(13)17/h2-11H,1H3. The third-order valence-electron chi connectivity index (χ3n) is 3.15. The van der Waals surface area contributed by atoms with E-state index >= 15 is 0 Å². The first-order valence-corrected chi connectivity index (χ1v) is 6.05. The number of hydrogen-bond acceptors (Lipinski definition) is 2. The number of methoxy groups -OCH3 is 1. The van der Waals surface area contributed by atoms with Gasteiger partial charge in [0.05, 0.1) is 23.9 Å². The Bertz CT molecular complexity index is 729. The van der Waals surface area contributed by atoms with E-state index in [-0.39, 0.29) is 5.97 Å². The van der Waals surface area contributed by atoms with Gasteiger partial charge < -0.3 is 9.14 Å². The second-order valence-corrected chi connectivity index (χ2v) is 4.26. The summed E-state index contributed by atoms with van der Waals surface area (Å²) in [6.07, 6.45) is 1.95. The normalized spacial score (nSPS) is 10.6. The van der Waals surface area contributed by atoms with Crippen molar-refractivity contribution in [2.75, 3.05) is 7.11 Å². The van der Waals surface area contributed by atoms with Gasteiger partial charge >= 0.3 is 5.97 Å². The molecule has 1 aromatic carbocycles. The minimum absolute atomic E-state index is 0.314. The Labute approximate surface area is 111 Å². The first-order valence-electron chi connectivity index (χ1n) is 6.05. The smallest absolute Gasteiger partial charge is 0.340 e. The number of ether oxygens (including phenoxy) is 1. The predicted molar refractivity (Wildman–Crippen MR) is 74.2 cm³/mol. The number of hydrogen-bond donors (Lipinski definition) is 0. The Morgan fingerprint density at radius 3 is 2.53 bits per heavy atom. The first kappa shape index (κ1) is 11.5. The fourth-order valence-corrected chi connectivity index (χ4v) is 2.26. The molecule has 3 nitrogen and oxygen atoms in total. The van der Waals surface area contributed by atoms with E-state index in [1.54, 1.807) is 0 Å². The molecule has 0 aliphatic rings. The summed E-state index contributed by atoms with van der Waals surface area (Å²) in [6.45, 7) is 0. The number of benzene rings is 1. The van der Waals surface area contributed by atoms with Gasteiger partial charge in [-0.1, -0.05) is 36.4 Å². The molecule has 0 atom stereocenters. The van der Waals surface area contributed by atoms with E-state index in [9.17, 15) is 4.79 Å². The first-order chi connectivity index (χ1) is 9.31. The highest BCUT2D eigenvalue weighted by atomic mass is 16.5. The molecule has 2 heterocycles. The number of nitrogens with zero attached hydrogens (tertiary/aromatic N) is 1. The molecule has 0 bridgehead atoms. The summed E-state index contributed by atoms with van der Waals surface area (Å²) in [5.41, 5.74) is 3.49. The molecular weight excluding hydrogens is 238 g/mol. The second-order valence-electron chi connectivity index (χ2n) is 4.26. The molecule has 3 heteroatoms. The maximum Gasteiger partial charge on any atom is 0.340 e. The van der Waals surface area contributed by atoms with Crippen molar-refractivity contribution in [3.05, 3.63) is 66.4 Å². The van der Waals surface area contributed by atoms with Gasteiger partial charge in [-0.3, -0.25) is 0 Å². The monoisotopic (exact) mass is 251 g/mol. The van der Waals surface area contributed by atoms with E-state index in [0.717, 1.165) is 16.8 Å². The SMILES string of the molecule is COC(=O)c1cc(-c2ccccc2)n2ccccc12. The Balaban J connectivity index is 2.29. The third-order valence-corrected chi connectivity index (χ3v) is 3.15. The minimum atomic E-state index is -0.314. The summed E-state index contributed by atoms with van der Waals surface area (Å²) in [6, 6.07) is 17.6. The van der Waals surface area contributed by atoms with Crippen LogP contribution in [0.1, 0.15) is 10.4 Å². The highest BCUT2D eigenvalue weighted by Gasteiger charge is 2.15. The van der Waals surface area contributed by atoms with Crippen molar-refractivity contribution < 1.29 is 9.53 Å². The minimum Gasteiger partial charge on any atom is -0.465 e. The van der Waals surface area contributed by atoms with Gasteiger partial charge in [-0.05, 0) is 23.8 Å². The molecule has 0 N–H and O–H groups in total. The lowest BCUT2D eigenvalue weighted by Crippen LogP contribution is -1.99. The van der Waals surface area contributed by atoms with Crippen molar-refractivity contribution in [1.82, 2.24) is 4.40 Å². The zero-order valence-electron chi connectivity index (χ0n) is 10.5. The van der Waals surface area contributed by atoms with Crippen molar-refractivity contribution in [1.29, 1.82) is 0 Å². The Hall–Kier alpha value is -2.55. The molecule has 0 aliphatic heterocycles. The van der Waals surface area contributed by atoms with Gasteiger partial charge in [0.25, 0.3) is 0 Å². The Kier molecular flexibility index (Phi) is 2.80. The quantitative estimate of drug-likeness (QED) is 0.653. The van der Waals surface area contributed by atoms with Crippen molar-refractivity contribution in [3.63, 3.8) is 0 Å². The van der Waals surface area contributed by atoms with Crippen LogP contribution in [0.3, 0.4) is 0 Å². The Morgan fingerprint density at radius 2 is 1.79 bits per heavy atom. The van der Waals surface area contributed by atoms with Crippen LogP contribution < -0.4 is 0 Å². The van der Waals surface area contributed by atoms with Crippen LogP contribution in [0, 0.1) is 0 Å². The summed E-state index contributed by atoms with van der Waals surface area (Å²) >= 11 is 0. The van der Waals surface area contributed by atoms with Crippen molar-refractivity contribution >= 4 is 11.5 Å². The molecule has 2 aromatic heterocycles. The number of carbonyl (C=O) groups excluding carboxylic acids is 1. The topological polar surface area (TPSA) is 30.7 Å². The van der Waals surface area contributed by atoms with Crippen LogP contribution in [-0.4, -0.2) is 17.5 Å². The molecule has 0 unspecified atom stereocenters. The molecule has 19 heavy (non-hydrogen) atoms. The van der Waals surface area contributed by atoms with E-state index in [1.165, 1.54) is 7.11 Å². The molecule has 0 radical (unpaired) electrons. The van der Waals surface area contributed by atoms with E-state index in [2.05, 4.69) is 0 Å². The number of rotatable bonds is 2. The summed E-state index contributed by atoms with van der Waals surface area (Å²) in [7, 11) is 1.40. The van der Waals surface area contributed by atoms with Gasteiger partial charge in [-0.2, -0.15) is 0 Å². The van der Waals surface area contributed by atoms with E-state index in [4.69, 9.17) is 4.74 Å². The van der Waals surface area contributed by atoms with E-state index in [0.29, 0.717) is 5.56 Å². The lowest BCUT2D eigenvalue weighted by Gasteiger charge is -2.02. The van der Waals surface area contributed by atoms with Crippen LogP contribution in [0.25, 0.3) is 16.8 Å². The van der Waals surface area contributed by atoms with Crippen LogP contribution in [0.15, 0.2) is 60.8 Å². The fraction of sp³-hybridized carbons (Fsp3) is 0.0625. The van der Waals surface area contributed by atoms with Crippen LogP contribution in [0.2, 0.25) is 0 Å². The van der Waals surface area contributed by atoms with Gasteiger partial charge in [-0.25, -0.2) is 4.79 Å². The second kappa shape index (κ2) is 4.61. The Morgan fingerprint density at radius 1 is 1.05 bits per heavy atom. The number of esters is 1. The summed E-state index contributed by atoms with van der Waals surface area (Å²) in [5, 5.41) is 0. The number of carbonyl (C=O) groups is 1. The number of pyridine rings is 1. The van der Waals surface area contributed by atoms with Gasteiger partial charge in [0, 0.05) is 6.20 Å². The fourth-order valence-electron chi connectivity index (χ4n) is 2.26. The van der Waals surface area contributed by atoms with Crippen LogP contribution in [0.4, 0.5) is 0 Å². The number of aromatic nitrogens is 1. The predicted octanol–water partition coefficient (Wildman–Crippen LogP) is 3.39. The average Bonchev–Trinajstić information content (AvgIpc) is 2.87. The number of fused-ring (bicyclic) bond motifs is 1. The highest BCUT2D eigenvalue weighted by Crippen LogP contribution is 2.26. The highest BCUT2D eigenvalue weighted by molar-refractivity contribution is 5.99. The third kappa shape index (κ3) is 1.89. The zero-order chi connectivity index (χ0) is 13.2. The van der Waals surface area contributed by atoms with E-state index in [1.807, 2.05) is 65.2 Å². The summed E-state index contributed by atoms with van der Waals surface area (Å²) in [4.78, 5) is 11.8. The molecule has 0 saturated carbocycles. The maximum absolute atomic E-state index is 11.8. The molecule has 0 spiro atoms. The zero-order valence-corrected chi connectivity index (χ0v) is 10.5.